The average molecular weight is 431 g/mol. The molecule has 9 nitrogen and oxygen atoms in total. The van der Waals surface area contributed by atoms with E-state index >= 15 is 0 Å². The molecule has 2 aromatic rings. The number of nitrogens with zero attached hydrogens (tertiary/aromatic N) is 4. The van der Waals surface area contributed by atoms with Crippen molar-refractivity contribution in [1.29, 1.82) is 0 Å². The van der Waals surface area contributed by atoms with Gasteiger partial charge < -0.3 is 15.1 Å². The molecule has 0 radical (unpaired) electrons. The number of aryl methyl sites for hydroxylation is 1. The molecule has 1 amide bonds. The molecule has 1 aromatic carbocycles. The smallest absolute Gasteiger partial charge is 0.262 e. The number of carbonyl (C=O) groups excluding carboxylic acids is 1. The average Bonchev–Trinajstić information content (AvgIpc) is 2.73. The molecule has 1 saturated heterocycles. The molecule has 1 aromatic heterocycles. The number of nitrogens with one attached hydrogen (secondary N) is 2. The van der Waals surface area contributed by atoms with Crippen LogP contribution in [0.4, 0.5) is 23.1 Å². The van der Waals surface area contributed by atoms with Gasteiger partial charge in [0, 0.05) is 39.3 Å². The van der Waals surface area contributed by atoms with Crippen LogP contribution in [0.5, 0.6) is 0 Å². The standard InChI is InChI=1S/C20H26N6O3S/c1-25(2)19-17(13-21-20(23-19)26-10-4-3-5-11-26)24-30(28,29)15-7-8-16-14(12-15)6-9-18(27)22-16/h7-8,12-13,24H,3-6,9-11H2,1-2H3,(H,22,27). The van der Waals surface area contributed by atoms with Crippen LogP contribution in [0.3, 0.4) is 0 Å². The van der Waals surface area contributed by atoms with Gasteiger partial charge in [0.2, 0.25) is 11.9 Å². The zero-order chi connectivity index (χ0) is 21.3. The van der Waals surface area contributed by atoms with Crippen molar-refractivity contribution in [2.75, 3.05) is 47.0 Å². The zero-order valence-electron chi connectivity index (χ0n) is 17.2. The Kier molecular flexibility index (Phi) is 5.50. The van der Waals surface area contributed by atoms with Gasteiger partial charge in [-0.05, 0) is 49.4 Å². The van der Waals surface area contributed by atoms with E-state index in [1.807, 2.05) is 14.1 Å². The molecule has 160 valence electrons. The van der Waals surface area contributed by atoms with Crippen LogP contribution in [0.2, 0.25) is 0 Å². The minimum Gasteiger partial charge on any atom is -0.361 e. The number of hydrogen-bond acceptors (Lipinski definition) is 7. The predicted octanol–water partition coefficient (Wildman–Crippen LogP) is 2.22. The van der Waals surface area contributed by atoms with Gasteiger partial charge >= 0.3 is 0 Å². The van der Waals surface area contributed by atoms with E-state index in [0.717, 1.165) is 31.5 Å². The van der Waals surface area contributed by atoms with Crippen molar-refractivity contribution in [1.82, 2.24) is 9.97 Å². The molecule has 3 heterocycles. The first-order valence-corrected chi connectivity index (χ1v) is 11.6. The van der Waals surface area contributed by atoms with Gasteiger partial charge in [-0.1, -0.05) is 0 Å². The van der Waals surface area contributed by atoms with E-state index in [0.29, 0.717) is 36.0 Å². The molecule has 0 spiro atoms. The fraction of sp³-hybridized carbons (Fsp3) is 0.450. The first-order valence-electron chi connectivity index (χ1n) is 10.1. The number of sulfonamides is 1. The molecule has 1 fully saturated rings. The van der Waals surface area contributed by atoms with Gasteiger partial charge in [0.05, 0.1) is 11.1 Å². The van der Waals surface area contributed by atoms with Crippen LogP contribution >= 0.6 is 0 Å². The highest BCUT2D eigenvalue weighted by Crippen LogP contribution is 2.29. The normalized spacial score (nSPS) is 16.6. The number of benzene rings is 1. The summed E-state index contributed by atoms with van der Waals surface area (Å²) in [6, 6.07) is 4.73. The molecule has 10 heteroatoms. The SMILES string of the molecule is CN(C)c1nc(N2CCCCC2)ncc1NS(=O)(=O)c1ccc2c(c1)CCC(=O)N2. The molecule has 2 aliphatic rings. The lowest BCUT2D eigenvalue weighted by atomic mass is 10.0. The van der Waals surface area contributed by atoms with Gasteiger partial charge in [-0.15, -0.1) is 0 Å². The largest absolute Gasteiger partial charge is 0.361 e. The summed E-state index contributed by atoms with van der Waals surface area (Å²) in [6.45, 7) is 1.81. The van der Waals surface area contributed by atoms with Gasteiger partial charge in [-0.25, -0.2) is 13.4 Å². The Hall–Kier alpha value is -2.88. The number of piperidine rings is 1. The first-order chi connectivity index (χ1) is 14.3. The summed E-state index contributed by atoms with van der Waals surface area (Å²) in [7, 11) is -0.195. The van der Waals surface area contributed by atoms with Crippen LogP contribution < -0.4 is 19.8 Å². The van der Waals surface area contributed by atoms with Crippen molar-refractivity contribution < 1.29 is 13.2 Å². The molecule has 2 aliphatic heterocycles. The minimum absolute atomic E-state index is 0.0576. The number of amides is 1. The molecular formula is C20H26N6O3S. The van der Waals surface area contributed by atoms with Crippen molar-refractivity contribution >= 4 is 39.1 Å². The highest BCUT2D eigenvalue weighted by atomic mass is 32.2. The molecule has 4 rings (SSSR count). The van der Waals surface area contributed by atoms with E-state index < -0.39 is 10.0 Å². The molecule has 0 bridgehead atoms. The Morgan fingerprint density at radius 1 is 1.13 bits per heavy atom. The summed E-state index contributed by atoms with van der Waals surface area (Å²) < 4.78 is 28.7. The van der Waals surface area contributed by atoms with E-state index in [9.17, 15) is 13.2 Å². The maximum atomic E-state index is 13.0. The van der Waals surface area contributed by atoms with E-state index in [2.05, 4.69) is 24.9 Å². The van der Waals surface area contributed by atoms with Gasteiger partial charge in [0.1, 0.15) is 5.69 Å². The summed E-state index contributed by atoms with van der Waals surface area (Å²) in [5, 5.41) is 2.76. The Bertz CT molecular complexity index is 1060. The lowest BCUT2D eigenvalue weighted by Crippen LogP contribution is -2.31. The highest BCUT2D eigenvalue weighted by Gasteiger charge is 2.23. The summed E-state index contributed by atoms with van der Waals surface area (Å²) in [4.78, 5) is 24.6. The third-order valence-corrected chi connectivity index (χ3v) is 6.71. The van der Waals surface area contributed by atoms with Gasteiger partial charge in [-0.3, -0.25) is 9.52 Å². The molecular weight excluding hydrogens is 404 g/mol. The lowest BCUT2D eigenvalue weighted by molar-refractivity contribution is -0.116. The van der Waals surface area contributed by atoms with Crippen molar-refractivity contribution in [3.05, 3.63) is 30.0 Å². The van der Waals surface area contributed by atoms with Gasteiger partial charge in [0.25, 0.3) is 10.0 Å². The Morgan fingerprint density at radius 2 is 1.90 bits per heavy atom. The lowest BCUT2D eigenvalue weighted by Gasteiger charge is -2.28. The van der Waals surface area contributed by atoms with Crippen molar-refractivity contribution in [3.8, 4) is 0 Å². The third-order valence-electron chi connectivity index (χ3n) is 5.35. The molecule has 0 unspecified atom stereocenters. The van der Waals surface area contributed by atoms with Crippen molar-refractivity contribution in [2.45, 2.75) is 37.0 Å². The number of carbonyl (C=O) groups is 1. The van der Waals surface area contributed by atoms with Crippen molar-refractivity contribution in [3.63, 3.8) is 0 Å². The highest BCUT2D eigenvalue weighted by molar-refractivity contribution is 7.92. The van der Waals surface area contributed by atoms with Crippen molar-refractivity contribution in [2.24, 2.45) is 0 Å². The summed E-state index contributed by atoms with van der Waals surface area (Å²) in [6.07, 6.45) is 5.81. The summed E-state index contributed by atoms with van der Waals surface area (Å²) in [5.74, 6) is 1.07. The van der Waals surface area contributed by atoms with E-state index in [4.69, 9.17) is 0 Å². The predicted molar refractivity (Wildman–Crippen MR) is 117 cm³/mol. The fourth-order valence-electron chi connectivity index (χ4n) is 3.75. The molecule has 2 N–H and O–H groups in total. The van der Waals surface area contributed by atoms with Crippen LogP contribution in [0.15, 0.2) is 29.3 Å². The molecule has 30 heavy (non-hydrogen) atoms. The van der Waals surface area contributed by atoms with Crippen LogP contribution in [0.1, 0.15) is 31.2 Å². The summed E-state index contributed by atoms with van der Waals surface area (Å²) >= 11 is 0. The van der Waals surface area contributed by atoms with E-state index in [1.54, 1.807) is 17.0 Å². The molecule has 0 atom stereocenters. The number of anilines is 4. The van der Waals surface area contributed by atoms with E-state index in [-0.39, 0.29) is 10.8 Å². The zero-order valence-corrected chi connectivity index (χ0v) is 18.0. The van der Waals surface area contributed by atoms with Crippen LogP contribution in [-0.4, -0.2) is 51.5 Å². The van der Waals surface area contributed by atoms with Crippen LogP contribution in [-0.2, 0) is 21.2 Å². The Balaban J connectivity index is 1.61. The fourth-order valence-corrected chi connectivity index (χ4v) is 4.85. The number of hydrogen-bond donors (Lipinski definition) is 2. The monoisotopic (exact) mass is 430 g/mol. The second-order valence-corrected chi connectivity index (χ2v) is 9.50. The topological polar surface area (TPSA) is 108 Å². The number of fused-ring (bicyclic) bond motifs is 1. The van der Waals surface area contributed by atoms with Crippen LogP contribution in [0.25, 0.3) is 0 Å². The Morgan fingerprint density at radius 3 is 2.63 bits per heavy atom. The first kappa shape index (κ1) is 20.4. The molecule has 0 aliphatic carbocycles. The second kappa shape index (κ2) is 8.10. The number of aromatic nitrogens is 2. The maximum absolute atomic E-state index is 13.0. The van der Waals surface area contributed by atoms with Gasteiger partial charge in [0.15, 0.2) is 5.82 Å². The Labute approximate surface area is 176 Å². The summed E-state index contributed by atoms with van der Waals surface area (Å²) in [5.41, 5.74) is 1.79. The van der Waals surface area contributed by atoms with Crippen LogP contribution in [0, 0.1) is 0 Å². The third kappa shape index (κ3) is 4.18. The molecule has 0 saturated carbocycles. The second-order valence-electron chi connectivity index (χ2n) is 7.82. The van der Waals surface area contributed by atoms with Gasteiger partial charge in [-0.2, -0.15) is 4.98 Å². The minimum atomic E-state index is -3.84. The maximum Gasteiger partial charge on any atom is 0.262 e. The quantitative estimate of drug-likeness (QED) is 0.749. The van der Waals surface area contributed by atoms with E-state index in [1.165, 1.54) is 18.7 Å². The number of rotatable bonds is 5.